The average molecular weight is 285 g/mol. The number of rotatable bonds is 7. The second-order valence-corrected chi connectivity index (χ2v) is 4.94. The molecule has 2 aromatic rings. The number of anilines is 1. The van der Waals surface area contributed by atoms with E-state index in [0.717, 1.165) is 54.5 Å². The van der Waals surface area contributed by atoms with Gasteiger partial charge >= 0.3 is 0 Å². The van der Waals surface area contributed by atoms with E-state index < -0.39 is 0 Å². The molecule has 0 bridgehead atoms. The molecule has 1 N–H and O–H groups in total. The average Bonchev–Trinajstić information content (AvgIpc) is 2.53. The molecule has 0 aliphatic rings. The Labute approximate surface area is 126 Å². The highest BCUT2D eigenvalue weighted by atomic mass is 16.5. The Balaban J connectivity index is 2.25. The van der Waals surface area contributed by atoms with Gasteiger partial charge in [0.05, 0.1) is 6.61 Å². The summed E-state index contributed by atoms with van der Waals surface area (Å²) in [5.41, 5.74) is 2.08. The Kier molecular flexibility index (Phi) is 5.55. The monoisotopic (exact) mass is 285 g/mol. The molecule has 0 unspecified atom stereocenters. The Morgan fingerprint density at radius 1 is 1.05 bits per heavy atom. The fourth-order valence-corrected chi connectivity index (χ4v) is 2.06. The number of nitrogens with zero attached hydrogens (tertiary/aromatic N) is 2. The molecule has 112 valence electrons. The molecule has 0 saturated carbocycles. The van der Waals surface area contributed by atoms with Crippen molar-refractivity contribution in [3.63, 3.8) is 0 Å². The lowest BCUT2D eigenvalue weighted by atomic mass is 10.2. The van der Waals surface area contributed by atoms with Gasteiger partial charge in [-0.2, -0.15) is 0 Å². The SMILES string of the molecule is CCCOc1ccc(-c2nc(CCC)cc(NC)n2)cc1. The predicted octanol–water partition coefficient (Wildman–Crippen LogP) is 3.93. The molecular formula is C17H23N3O. The molecule has 1 aromatic heterocycles. The molecule has 2 rings (SSSR count). The van der Waals surface area contributed by atoms with Gasteiger partial charge in [-0.3, -0.25) is 0 Å². The summed E-state index contributed by atoms with van der Waals surface area (Å²) in [5, 5.41) is 3.10. The minimum absolute atomic E-state index is 0.742. The first-order chi connectivity index (χ1) is 10.3. The molecule has 1 aromatic carbocycles. The van der Waals surface area contributed by atoms with E-state index in [1.807, 2.05) is 37.4 Å². The number of hydrogen-bond donors (Lipinski definition) is 1. The van der Waals surface area contributed by atoms with Gasteiger partial charge in [0.15, 0.2) is 5.82 Å². The molecule has 0 saturated heterocycles. The third kappa shape index (κ3) is 4.18. The van der Waals surface area contributed by atoms with Crippen LogP contribution in [0, 0.1) is 0 Å². The van der Waals surface area contributed by atoms with Crippen LogP contribution >= 0.6 is 0 Å². The Morgan fingerprint density at radius 2 is 1.81 bits per heavy atom. The highest BCUT2D eigenvalue weighted by molar-refractivity contribution is 5.58. The highest BCUT2D eigenvalue weighted by Gasteiger charge is 2.06. The van der Waals surface area contributed by atoms with E-state index in [0.29, 0.717) is 0 Å². The summed E-state index contributed by atoms with van der Waals surface area (Å²) in [6, 6.07) is 9.97. The van der Waals surface area contributed by atoms with Crippen LogP contribution in [-0.4, -0.2) is 23.6 Å². The minimum Gasteiger partial charge on any atom is -0.494 e. The minimum atomic E-state index is 0.742. The van der Waals surface area contributed by atoms with E-state index in [1.165, 1.54) is 0 Å². The first kappa shape index (κ1) is 15.3. The third-order valence-corrected chi connectivity index (χ3v) is 3.13. The van der Waals surface area contributed by atoms with Crippen molar-refractivity contribution < 1.29 is 4.74 Å². The van der Waals surface area contributed by atoms with Crippen LogP contribution in [0.15, 0.2) is 30.3 Å². The normalized spacial score (nSPS) is 10.4. The van der Waals surface area contributed by atoms with E-state index >= 15 is 0 Å². The Morgan fingerprint density at radius 3 is 2.43 bits per heavy atom. The first-order valence-corrected chi connectivity index (χ1v) is 7.55. The maximum atomic E-state index is 5.60. The van der Waals surface area contributed by atoms with E-state index in [1.54, 1.807) is 0 Å². The van der Waals surface area contributed by atoms with Crippen LogP contribution in [0.2, 0.25) is 0 Å². The maximum absolute atomic E-state index is 5.60. The van der Waals surface area contributed by atoms with Crippen molar-refractivity contribution in [1.29, 1.82) is 0 Å². The summed E-state index contributed by atoms with van der Waals surface area (Å²) >= 11 is 0. The summed E-state index contributed by atoms with van der Waals surface area (Å²) in [6.45, 7) is 4.99. The molecule has 0 atom stereocenters. The molecule has 1 heterocycles. The van der Waals surface area contributed by atoms with Gasteiger partial charge in [-0.25, -0.2) is 9.97 Å². The summed E-state index contributed by atoms with van der Waals surface area (Å²) in [6.07, 6.45) is 3.04. The second kappa shape index (κ2) is 7.62. The zero-order valence-corrected chi connectivity index (χ0v) is 13.0. The molecule has 0 amide bonds. The summed E-state index contributed by atoms with van der Waals surface area (Å²) in [4.78, 5) is 9.17. The van der Waals surface area contributed by atoms with Gasteiger partial charge in [-0.05, 0) is 37.1 Å². The Bertz CT molecular complexity index is 567. The van der Waals surface area contributed by atoms with Crippen molar-refractivity contribution in [2.24, 2.45) is 0 Å². The molecule has 21 heavy (non-hydrogen) atoms. The van der Waals surface area contributed by atoms with E-state index in [4.69, 9.17) is 4.74 Å². The van der Waals surface area contributed by atoms with Crippen LogP contribution in [0.5, 0.6) is 5.75 Å². The smallest absolute Gasteiger partial charge is 0.161 e. The first-order valence-electron chi connectivity index (χ1n) is 7.55. The fourth-order valence-electron chi connectivity index (χ4n) is 2.06. The van der Waals surface area contributed by atoms with Crippen molar-refractivity contribution in [1.82, 2.24) is 9.97 Å². The lowest BCUT2D eigenvalue weighted by molar-refractivity contribution is 0.317. The quantitative estimate of drug-likeness (QED) is 0.837. The van der Waals surface area contributed by atoms with E-state index in [2.05, 4.69) is 29.1 Å². The van der Waals surface area contributed by atoms with Gasteiger partial charge in [-0.15, -0.1) is 0 Å². The number of aromatic nitrogens is 2. The molecule has 4 nitrogen and oxygen atoms in total. The molecular weight excluding hydrogens is 262 g/mol. The van der Waals surface area contributed by atoms with Crippen molar-refractivity contribution in [3.05, 3.63) is 36.0 Å². The van der Waals surface area contributed by atoms with Gasteiger partial charge in [0.25, 0.3) is 0 Å². The zero-order valence-electron chi connectivity index (χ0n) is 13.0. The molecule has 0 radical (unpaired) electrons. The number of aryl methyl sites for hydroxylation is 1. The van der Waals surface area contributed by atoms with E-state index in [9.17, 15) is 0 Å². The third-order valence-electron chi connectivity index (χ3n) is 3.13. The maximum Gasteiger partial charge on any atom is 0.161 e. The molecule has 0 aliphatic carbocycles. The fraction of sp³-hybridized carbons (Fsp3) is 0.412. The van der Waals surface area contributed by atoms with Crippen LogP contribution < -0.4 is 10.1 Å². The number of benzene rings is 1. The number of nitrogens with one attached hydrogen (secondary N) is 1. The van der Waals surface area contributed by atoms with Crippen molar-refractivity contribution in [2.75, 3.05) is 19.0 Å². The second-order valence-electron chi connectivity index (χ2n) is 4.94. The molecule has 0 aliphatic heterocycles. The van der Waals surface area contributed by atoms with Crippen molar-refractivity contribution >= 4 is 5.82 Å². The van der Waals surface area contributed by atoms with Crippen LogP contribution in [0.1, 0.15) is 32.4 Å². The standard InChI is InChI=1S/C17H23N3O/c1-4-6-14-12-16(18-3)20-17(19-14)13-7-9-15(10-8-13)21-11-5-2/h7-10,12H,4-6,11H2,1-3H3,(H,18,19,20). The lowest BCUT2D eigenvalue weighted by Gasteiger charge is -2.08. The number of ether oxygens (including phenoxy) is 1. The molecule has 4 heteroatoms. The summed E-state index contributed by atoms with van der Waals surface area (Å²) in [7, 11) is 1.88. The van der Waals surface area contributed by atoms with E-state index in [-0.39, 0.29) is 0 Å². The zero-order chi connectivity index (χ0) is 15.1. The predicted molar refractivity (Wildman–Crippen MR) is 86.8 cm³/mol. The van der Waals surface area contributed by atoms with Crippen LogP contribution in [0.25, 0.3) is 11.4 Å². The van der Waals surface area contributed by atoms with Crippen LogP contribution in [0.3, 0.4) is 0 Å². The Hall–Kier alpha value is -2.10. The van der Waals surface area contributed by atoms with Crippen LogP contribution in [0.4, 0.5) is 5.82 Å². The van der Waals surface area contributed by atoms with Crippen LogP contribution in [-0.2, 0) is 6.42 Å². The van der Waals surface area contributed by atoms with Gasteiger partial charge in [0, 0.05) is 24.4 Å². The largest absolute Gasteiger partial charge is 0.494 e. The van der Waals surface area contributed by atoms with Gasteiger partial charge in [0.1, 0.15) is 11.6 Å². The summed E-state index contributed by atoms with van der Waals surface area (Å²) in [5.74, 6) is 2.50. The highest BCUT2D eigenvalue weighted by Crippen LogP contribution is 2.21. The summed E-state index contributed by atoms with van der Waals surface area (Å²) < 4.78 is 5.60. The van der Waals surface area contributed by atoms with Crippen molar-refractivity contribution in [3.8, 4) is 17.1 Å². The molecule has 0 spiro atoms. The number of hydrogen-bond acceptors (Lipinski definition) is 4. The molecule has 0 fully saturated rings. The van der Waals surface area contributed by atoms with Crippen molar-refractivity contribution in [2.45, 2.75) is 33.1 Å². The van der Waals surface area contributed by atoms with Gasteiger partial charge in [-0.1, -0.05) is 20.3 Å². The lowest BCUT2D eigenvalue weighted by Crippen LogP contribution is -2.01. The topological polar surface area (TPSA) is 47.0 Å². The van der Waals surface area contributed by atoms with Gasteiger partial charge < -0.3 is 10.1 Å². The van der Waals surface area contributed by atoms with Gasteiger partial charge in [0.2, 0.25) is 0 Å².